The molecule has 0 bridgehead atoms. The van der Waals surface area contributed by atoms with E-state index in [0.29, 0.717) is 6.42 Å². The van der Waals surface area contributed by atoms with Crippen molar-refractivity contribution in [3.8, 4) is 0 Å². The highest BCUT2D eigenvalue weighted by Gasteiger charge is 2.35. The first-order valence-electron chi connectivity index (χ1n) is 4.30. The average Bonchev–Trinajstić information content (AvgIpc) is 1.96. The smallest absolute Gasteiger partial charge is 0.320 e. The number of hydrogen-bond donors (Lipinski definition) is 1. The SMILES string of the molecule is CCCCCCC(N)C(F)(F)F. The number of hydrogen-bond acceptors (Lipinski definition) is 1. The third kappa shape index (κ3) is 5.41. The Morgan fingerprint density at radius 2 is 1.75 bits per heavy atom. The summed E-state index contributed by atoms with van der Waals surface area (Å²) in [5.41, 5.74) is 4.91. The summed E-state index contributed by atoms with van der Waals surface area (Å²) in [4.78, 5) is 0. The Hall–Kier alpha value is -0.250. The first-order valence-corrected chi connectivity index (χ1v) is 4.30. The monoisotopic (exact) mass is 183 g/mol. The van der Waals surface area contributed by atoms with E-state index in [9.17, 15) is 13.2 Å². The van der Waals surface area contributed by atoms with Crippen molar-refractivity contribution in [3.05, 3.63) is 0 Å². The second kappa shape index (κ2) is 5.41. The fraction of sp³-hybridized carbons (Fsp3) is 1.00. The summed E-state index contributed by atoms with van der Waals surface area (Å²) in [6, 6.07) is -1.63. The van der Waals surface area contributed by atoms with Gasteiger partial charge in [0.1, 0.15) is 6.04 Å². The highest BCUT2D eigenvalue weighted by atomic mass is 19.4. The van der Waals surface area contributed by atoms with Gasteiger partial charge in [-0.1, -0.05) is 32.6 Å². The van der Waals surface area contributed by atoms with Crippen LogP contribution in [0, 0.1) is 0 Å². The normalized spacial score (nSPS) is 14.8. The minimum atomic E-state index is -4.22. The van der Waals surface area contributed by atoms with Crippen molar-refractivity contribution in [2.75, 3.05) is 0 Å². The van der Waals surface area contributed by atoms with E-state index in [1.54, 1.807) is 0 Å². The molecule has 0 aromatic carbocycles. The molecular weight excluding hydrogens is 167 g/mol. The van der Waals surface area contributed by atoms with Crippen LogP contribution in [-0.2, 0) is 0 Å². The first kappa shape index (κ1) is 11.8. The zero-order valence-electron chi connectivity index (χ0n) is 7.32. The van der Waals surface area contributed by atoms with Gasteiger partial charge in [-0.2, -0.15) is 13.2 Å². The molecule has 0 radical (unpaired) electrons. The van der Waals surface area contributed by atoms with Crippen LogP contribution in [0.5, 0.6) is 0 Å². The van der Waals surface area contributed by atoms with Gasteiger partial charge < -0.3 is 5.73 Å². The van der Waals surface area contributed by atoms with Gasteiger partial charge >= 0.3 is 6.18 Å². The van der Waals surface area contributed by atoms with Crippen LogP contribution in [0.4, 0.5) is 13.2 Å². The van der Waals surface area contributed by atoms with E-state index in [2.05, 4.69) is 0 Å². The third-order valence-corrected chi connectivity index (χ3v) is 1.79. The van der Waals surface area contributed by atoms with Crippen molar-refractivity contribution in [1.29, 1.82) is 0 Å². The van der Waals surface area contributed by atoms with Gasteiger partial charge in [0, 0.05) is 0 Å². The van der Waals surface area contributed by atoms with Gasteiger partial charge in [-0.3, -0.25) is 0 Å². The minimum absolute atomic E-state index is 0.0590. The van der Waals surface area contributed by atoms with Crippen LogP contribution < -0.4 is 5.73 Å². The lowest BCUT2D eigenvalue weighted by molar-refractivity contribution is -0.149. The Morgan fingerprint density at radius 1 is 1.17 bits per heavy atom. The number of halogens is 3. The van der Waals surface area contributed by atoms with Crippen molar-refractivity contribution in [2.24, 2.45) is 5.73 Å². The fourth-order valence-corrected chi connectivity index (χ4v) is 0.955. The molecule has 1 unspecified atom stereocenters. The van der Waals surface area contributed by atoms with E-state index in [0.717, 1.165) is 19.3 Å². The average molecular weight is 183 g/mol. The molecule has 2 N–H and O–H groups in total. The maximum Gasteiger partial charge on any atom is 0.403 e. The van der Waals surface area contributed by atoms with Gasteiger partial charge in [-0.15, -0.1) is 0 Å². The third-order valence-electron chi connectivity index (χ3n) is 1.79. The molecule has 0 amide bonds. The highest BCUT2D eigenvalue weighted by molar-refractivity contribution is 4.69. The van der Waals surface area contributed by atoms with Crippen LogP contribution in [-0.4, -0.2) is 12.2 Å². The van der Waals surface area contributed by atoms with Crippen LogP contribution in [0.15, 0.2) is 0 Å². The predicted molar refractivity (Wildman–Crippen MR) is 42.8 cm³/mol. The molecule has 12 heavy (non-hydrogen) atoms. The van der Waals surface area contributed by atoms with E-state index in [-0.39, 0.29) is 6.42 Å². The van der Waals surface area contributed by atoms with Gasteiger partial charge in [0.2, 0.25) is 0 Å². The quantitative estimate of drug-likeness (QED) is 0.651. The molecule has 1 atom stereocenters. The fourth-order valence-electron chi connectivity index (χ4n) is 0.955. The molecule has 0 aliphatic heterocycles. The van der Waals surface area contributed by atoms with E-state index < -0.39 is 12.2 Å². The molecule has 0 heterocycles. The van der Waals surface area contributed by atoms with Gasteiger partial charge in [-0.25, -0.2) is 0 Å². The van der Waals surface area contributed by atoms with E-state index >= 15 is 0 Å². The Balaban J connectivity index is 3.38. The molecule has 0 rings (SSSR count). The number of nitrogens with two attached hydrogens (primary N) is 1. The number of alkyl halides is 3. The first-order chi connectivity index (χ1) is 5.48. The van der Waals surface area contributed by atoms with Crippen LogP contribution in [0.3, 0.4) is 0 Å². The largest absolute Gasteiger partial charge is 0.403 e. The summed E-state index contributed by atoms with van der Waals surface area (Å²) in [7, 11) is 0. The molecule has 0 aliphatic rings. The molecule has 1 nitrogen and oxygen atoms in total. The molecule has 74 valence electrons. The topological polar surface area (TPSA) is 26.0 Å². The minimum Gasteiger partial charge on any atom is -0.320 e. The second-order valence-electron chi connectivity index (χ2n) is 3.00. The van der Waals surface area contributed by atoms with Crippen LogP contribution in [0.1, 0.15) is 39.0 Å². The van der Waals surface area contributed by atoms with Crippen LogP contribution >= 0.6 is 0 Å². The van der Waals surface area contributed by atoms with E-state index in [4.69, 9.17) is 5.73 Å². The maximum absolute atomic E-state index is 11.8. The van der Waals surface area contributed by atoms with Crippen LogP contribution in [0.25, 0.3) is 0 Å². The molecule has 0 aromatic heterocycles. The standard InChI is InChI=1S/C8H16F3N/c1-2-3-4-5-6-7(12)8(9,10)11/h7H,2-6,12H2,1H3. The maximum atomic E-state index is 11.8. The summed E-state index contributed by atoms with van der Waals surface area (Å²) >= 11 is 0. The Bertz CT molecular complexity index is 111. The Morgan fingerprint density at radius 3 is 2.17 bits per heavy atom. The van der Waals surface area contributed by atoms with Crippen molar-refractivity contribution < 1.29 is 13.2 Å². The second-order valence-corrected chi connectivity index (χ2v) is 3.00. The van der Waals surface area contributed by atoms with Crippen molar-refractivity contribution in [1.82, 2.24) is 0 Å². The zero-order valence-corrected chi connectivity index (χ0v) is 7.32. The van der Waals surface area contributed by atoms with Crippen molar-refractivity contribution in [2.45, 2.75) is 51.2 Å². The zero-order chi connectivity index (χ0) is 9.61. The Kier molecular flexibility index (Phi) is 5.29. The molecule has 0 aromatic rings. The lowest BCUT2D eigenvalue weighted by Crippen LogP contribution is -2.37. The molecule has 0 fully saturated rings. The lowest BCUT2D eigenvalue weighted by Gasteiger charge is -2.14. The molecular formula is C8H16F3N. The summed E-state index contributed by atoms with van der Waals surface area (Å²) in [5.74, 6) is 0. The highest BCUT2D eigenvalue weighted by Crippen LogP contribution is 2.22. The molecule has 4 heteroatoms. The Labute approximate surface area is 71.1 Å². The van der Waals surface area contributed by atoms with Crippen molar-refractivity contribution in [3.63, 3.8) is 0 Å². The van der Waals surface area contributed by atoms with Gasteiger partial charge in [-0.05, 0) is 6.42 Å². The summed E-state index contributed by atoms with van der Waals surface area (Å²) in [5, 5.41) is 0. The molecule has 0 saturated heterocycles. The van der Waals surface area contributed by atoms with Gasteiger partial charge in [0.25, 0.3) is 0 Å². The molecule has 0 spiro atoms. The lowest BCUT2D eigenvalue weighted by atomic mass is 10.1. The van der Waals surface area contributed by atoms with E-state index in [1.165, 1.54) is 0 Å². The van der Waals surface area contributed by atoms with Crippen molar-refractivity contribution >= 4 is 0 Å². The molecule has 0 aliphatic carbocycles. The van der Waals surface area contributed by atoms with E-state index in [1.807, 2.05) is 6.92 Å². The summed E-state index contributed by atoms with van der Waals surface area (Å²) < 4.78 is 35.5. The van der Waals surface area contributed by atoms with Gasteiger partial charge in [0.05, 0.1) is 0 Å². The number of unbranched alkanes of at least 4 members (excludes halogenated alkanes) is 3. The van der Waals surface area contributed by atoms with Crippen LogP contribution in [0.2, 0.25) is 0 Å². The summed E-state index contributed by atoms with van der Waals surface area (Å²) in [6.45, 7) is 2.02. The number of rotatable bonds is 5. The summed E-state index contributed by atoms with van der Waals surface area (Å²) in [6.07, 6.45) is -0.712. The predicted octanol–water partition coefficient (Wildman–Crippen LogP) is 2.85. The van der Waals surface area contributed by atoms with Gasteiger partial charge in [0.15, 0.2) is 0 Å². The molecule has 0 saturated carbocycles.